The predicted octanol–water partition coefficient (Wildman–Crippen LogP) is 0.273. The van der Waals surface area contributed by atoms with E-state index in [-0.39, 0.29) is 5.82 Å². The highest BCUT2D eigenvalue weighted by atomic mass is 16.2. The van der Waals surface area contributed by atoms with Crippen molar-refractivity contribution in [3.8, 4) is 0 Å². The van der Waals surface area contributed by atoms with Gasteiger partial charge < -0.3 is 5.32 Å². The van der Waals surface area contributed by atoms with E-state index >= 15 is 0 Å². The lowest BCUT2D eigenvalue weighted by atomic mass is 10.1. The van der Waals surface area contributed by atoms with Gasteiger partial charge in [-0.2, -0.15) is 5.10 Å². The first-order valence-corrected chi connectivity index (χ1v) is 6.69. The molecular formula is C14H14N6O2. The standard InChI is InChI=1S/C14H14N6O2/c21-13(12-17-14(22)19-18-12)15-8-10-4-1-2-5-11(10)9-20-7-3-6-16-20/h1-7H,8-9H2,(H,15,21)(H2,17,18,19,22). The highest BCUT2D eigenvalue weighted by Gasteiger charge is 2.10. The second kappa shape index (κ2) is 6.08. The molecule has 0 fully saturated rings. The van der Waals surface area contributed by atoms with E-state index in [4.69, 9.17) is 0 Å². The van der Waals surface area contributed by atoms with Crippen molar-refractivity contribution in [2.75, 3.05) is 0 Å². The van der Waals surface area contributed by atoms with Gasteiger partial charge in [-0.15, -0.1) is 5.10 Å². The van der Waals surface area contributed by atoms with Gasteiger partial charge in [-0.25, -0.2) is 9.89 Å². The summed E-state index contributed by atoms with van der Waals surface area (Å²) in [6, 6.07) is 9.63. The minimum atomic E-state index is -0.510. The van der Waals surface area contributed by atoms with Crippen LogP contribution in [0.3, 0.4) is 0 Å². The molecule has 3 aromatic rings. The van der Waals surface area contributed by atoms with Gasteiger partial charge in [-0.3, -0.25) is 14.5 Å². The number of aromatic nitrogens is 5. The Balaban J connectivity index is 1.70. The molecule has 3 rings (SSSR count). The Morgan fingerprint density at radius 3 is 2.73 bits per heavy atom. The number of H-pyrrole nitrogens is 2. The summed E-state index contributed by atoms with van der Waals surface area (Å²) in [4.78, 5) is 25.1. The quantitative estimate of drug-likeness (QED) is 0.628. The fraction of sp³-hybridized carbons (Fsp3) is 0.143. The Morgan fingerprint density at radius 1 is 1.23 bits per heavy atom. The number of benzene rings is 1. The van der Waals surface area contributed by atoms with Crippen molar-refractivity contribution in [3.05, 3.63) is 70.2 Å². The third-order valence-corrected chi connectivity index (χ3v) is 3.17. The molecule has 0 saturated carbocycles. The Kier molecular flexibility index (Phi) is 3.82. The number of nitrogens with one attached hydrogen (secondary N) is 3. The van der Waals surface area contributed by atoms with Crippen LogP contribution in [0.2, 0.25) is 0 Å². The minimum absolute atomic E-state index is 0.0328. The summed E-state index contributed by atoms with van der Waals surface area (Å²) in [6.07, 6.45) is 3.60. The molecule has 0 radical (unpaired) electrons. The van der Waals surface area contributed by atoms with Crippen molar-refractivity contribution < 1.29 is 4.79 Å². The van der Waals surface area contributed by atoms with E-state index in [1.165, 1.54) is 0 Å². The summed E-state index contributed by atoms with van der Waals surface area (Å²) >= 11 is 0. The molecule has 0 unspecified atom stereocenters. The second-order valence-corrected chi connectivity index (χ2v) is 4.68. The Labute approximate surface area is 125 Å². The lowest BCUT2D eigenvalue weighted by Crippen LogP contribution is -2.25. The van der Waals surface area contributed by atoms with Gasteiger partial charge in [-0.05, 0) is 17.2 Å². The van der Waals surface area contributed by atoms with Crippen LogP contribution in [-0.2, 0) is 13.1 Å². The van der Waals surface area contributed by atoms with Crippen molar-refractivity contribution in [2.45, 2.75) is 13.1 Å². The molecule has 2 aromatic heterocycles. The number of rotatable bonds is 5. The van der Waals surface area contributed by atoms with Crippen LogP contribution in [0.1, 0.15) is 21.7 Å². The number of aromatic amines is 2. The Hall–Kier alpha value is -3.16. The molecule has 0 aliphatic carbocycles. The van der Waals surface area contributed by atoms with Crippen molar-refractivity contribution in [3.63, 3.8) is 0 Å². The molecule has 0 aliphatic rings. The zero-order chi connectivity index (χ0) is 15.4. The lowest BCUT2D eigenvalue weighted by molar-refractivity contribution is 0.0940. The third kappa shape index (κ3) is 3.11. The molecule has 0 spiro atoms. The number of carbonyl (C=O) groups excluding carboxylic acids is 1. The van der Waals surface area contributed by atoms with Gasteiger partial charge in [-0.1, -0.05) is 24.3 Å². The van der Waals surface area contributed by atoms with Crippen LogP contribution < -0.4 is 11.0 Å². The fourth-order valence-corrected chi connectivity index (χ4v) is 2.09. The van der Waals surface area contributed by atoms with Crippen molar-refractivity contribution in [1.82, 2.24) is 30.3 Å². The van der Waals surface area contributed by atoms with Gasteiger partial charge in [0.1, 0.15) is 0 Å². The first kappa shape index (κ1) is 13.8. The van der Waals surface area contributed by atoms with Gasteiger partial charge in [0.2, 0.25) is 5.82 Å². The Bertz CT molecular complexity index is 818. The SMILES string of the molecule is O=C(NCc1ccccc1Cn1cccn1)c1n[nH]c(=O)[nH]1. The summed E-state index contributed by atoms with van der Waals surface area (Å²) in [5.41, 5.74) is 1.52. The molecule has 8 heteroatoms. The van der Waals surface area contributed by atoms with E-state index in [2.05, 4.69) is 25.6 Å². The van der Waals surface area contributed by atoms with Crippen molar-refractivity contribution in [2.24, 2.45) is 0 Å². The van der Waals surface area contributed by atoms with Crippen molar-refractivity contribution in [1.29, 1.82) is 0 Å². The minimum Gasteiger partial charge on any atom is -0.345 e. The molecule has 8 nitrogen and oxygen atoms in total. The summed E-state index contributed by atoms with van der Waals surface area (Å²) in [6.45, 7) is 0.962. The fourth-order valence-electron chi connectivity index (χ4n) is 2.09. The van der Waals surface area contributed by atoms with Crippen LogP contribution in [0, 0.1) is 0 Å². The average Bonchev–Trinajstić information content (AvgIpc) is 3.18. The molecule has 1 aromatic carbocycles. The summed E-state index contributed by atoms with van der Waals surface area (Å²) < 4.78 is 1.81. The van der Waals surface area contributed by atoms with Crippen LogP contribution in [0.5, 0.6) is 0 Å². The molecule has 3 N–H and O–H groups in total. The third-order valence-electron chi connectivity index (χ3n) is 3.17. The molecule has 22 heavy (non-hydrogen) atoms. The zero-order valence-corrected chi connectivity index (χ0v) is 11.6. The van der Waals surface area contributed by atoms with Crippen LogP contribution in [0.4, 0.5) is 0 Å². The largest absolute Gasteiger partial charge is 0.345 e. The van der Waals surface area contributed by atoms with Gasteiger partial charge in [0.05, 0.1) is 6.54 Å². The summed E-state index contributed by atoms with van der Waals surface area (Å²) in [5, 5.41) is 12.6. The van der Waals surface area contributed by atoms with E-state index < -0.39 is 11.6 Å². The van der Waals surface area contributed by atoms with Crippen LogP contribution in [0.25, 0.3) is 0 Å². The highest BCUT2D eigenvalue weighted by molar-refractivity contribution is 5.90. The van der Waals surface area contributed by atoms with E-state index in [0.29, 0.717) is 13.1 Å². The van der Waals surface area contributed by atoms with Gasteiger partial charge in [0.15, 0.2) is 0 Å². The molecule has 2 heterocycles. The predicted molar refractivity (Wildman–Crippen MR) is 78.1 cm³/mol. The molecule has 0 bridgehead atoms. The normalized spacial score (nSPS) is 10.5. The number of carbonyl (C=O) groups is 1. The van der Waals surface area contributed by atoms with E-state index in [0.717, 1.165) is 11.1 Å². The maximum atomic E-state index is 11.9. The first-order chi connectivity index (χ1) is 10.7. The lowest BCUT2D eigenvalue weighted by Gasteiger charge is -2.10. The molecule has 0 saturated heterocycles. The van der Waals surface area contributed by atoms with Crippen LogP contribution in [0.15, 0.2) is 47.5 Å². The Morgan fingerprint density at radius 2 is 2.05 bits per heavy atom. The van der Waals surface area contributed by atoms with Crippen LogP contribution in [-0.4, -0.2) is 30.9 Å². The summed E-state index contributed by atoms with van der Waals surface area (Å²) in [5.74, 6) is -0.471. The average molecular weight is 298 g/mol. The van der Waals surface area contributed by atoms with E-state index in [9.17, 15) is 9.59 Å². The first-order valence-electron chi connectivity index (χ1n) is 6.69. The monoisotopic (exact) mass is 298 g/mol. The van der Waals surface area contributed by atoms with Gasteiger partial charge in [0.25, 0.3) is 5.91 Å². The van der Waals surface area contributed by atoms with E-state index in [1.54, 1.807) is 6.20 Å². The number of hydrogen-bond acceptors (Lipinski definition) is 4. The molecule has 112 valence electrons. The smallest absolute Gasteiger partial charge is 0.341 e. The highest BCUT2D eigenvalue weighted by Crippen LogP contribution is 2.10. The van der Waals surface area contributed by atoms with E-state index in [1.807, 2.05) is 41.2 Å². The topological polar surface area (TPSA) is 108 Å². The maximum absolute atomic E-state index is 11.9. The molecule has 0 aliphatic heterocycles. The second-order valence-electron chi connectivity index (χ2n) is 4.68. The molecule has 0 atom stereocenters. The number of amides is 1. The number of nitrogens with zero attached hydrogens (tertiary/aromatic N) is 3. The zero-order valence-electron chi connectivity index (χ0n) is 11.6. The van der Waals surface area contributed by atoms with Crippen LogP contribution >= 0.6 is 0 Å². The van der Waals surface area contributed by atoms with Crippen molar-refractivity contribution >= 4 is 5.91 Å². The molecular weight excluding hydrogens is 284 g/mol. The number of hydrogen-bond donors (Lipinski definition) is 3. The van der Waals surface area contributed by atoms with Gasteiger partial charge in [0, 0.05) is 18.9 Å². The summed E-state index contributed by atoms with van der Waals surface area (Å²) in [7, 11) is 0. The maximum Gasteiger partial charge on any atom is 0.341 e. The van der Waals surface area contributed by atoms with Gasteiger partial charge >= 0.3 is 5.69 Å². The molecule has 1 amide bonds.